The molecule has 0 aromatic heterocycles. The summed E-state index contributed by atoms with van der Waals surface area (Å²) in [4.78, 5) is 37.6. The Kier molecular flexibility index (Phi) is 4.92. The van der Waals surface area contributed by atoms with Gasteiger partial charge in [0.1, 0.15) is 0 Å². The van der Waals surface area contributed by atoms with Crippen molar-refractivity contribution in [3.05, 3.63) is 35.4 Å². The first-order chi connectivity index (χ1) is 10.1. The molecule has 1 aliphatic heterocycles. The normalized spacial score (nSPS) is 14.7. The van der Waals surface area contributed by atoms with Crippen LogP contribution in [-0.4, -0.2) is 54.2 Å². The molecule has 1 N–H and O–H groups in total. The Bertz CT molecular complexity index is 537. The Morgan fingerprint density at radius 1 is 1.19 bits per heavy atom. The number of piperazine rings is 1. The van der Waals surface area contributed by atoms with E-state index in [9.17, 15) is 14.4 Å². The summed E-state index contributed by atoms with van der Waals surface area (Å²) in [6.07, 6.45) is 0.764. The van der Waals surface area contributed by atoms with Gasteiger partial charge in [-0.15, -0.1) is 0 Å². The van der Waals surface area contributed by atoms with Crippen LogP contribution < -0.4 is 5.32 Å². The zero-order valence-electron chi connectivity index (χ0n) is 12.0. The molecule has 0 radical (unpaired) electrons. The van der Waals surface area contributed by atoms with Crippen LogP contribution in [0.5, 0.6) is 0 Å². The number of carbonyl (C=O) groups excluding carboxylic acids is 3. The topological polar surface area (TPSA) is 69.7 Å². The minimum atomic E-state index is -0.599. The highest BCUT2D eigenvalue weighted by molar-refractivity contribution is 6.35. The average molecular weight is 289 g/mol. The van der Waals surface area contributed by atoms with E-state index in [1.165, 1.54) is 4.90 Å². The Morgan fingerprint density at radius 3 is 2.48 bits per heavy atom. The van der Waals surface area contributed by atoms with Crippen LogP contribution in [0.4, 0.5) is 0 Å². The molecule has 6 heteroatoms. The van der Waals surface area contributed by atoms with Gasteiger partial charge in [-0.3, -0.25) is 14.4 Å². The summed E-state index contributed by atoms with van der Waals surface area (Å²) >= 11 is 0. The van der Waals surface area contributed by atoms with Gasteiger partial charge >= 0.3 is 11.8 Å². The second-order valence-corrected chi connectivity index (χ2v) is 5.04. The fraction of sp³-hybridized carbons (Fsp3) is 0.400. The lowest BCUT2D eigenvalue weighted by molar-refractivity contribution is -0.147. The Morgan fingerprint density at radius 2 is 1.86 bits per heavy atom. The molecule has 0 aliphatic carbocycles. The van der Waals surface area contributed by atoms with Gasteiger partial charge < -0.3 is 15.1 Å². The van der Waals surface area contributed by atoms with Crippen LogP contribution in [0.15, 0.2) is 24.3 Å². The van der Waals surface area contributed by atoms with Crippen LogP contribution in [-0.2, 0) is 20.9 Å². The van der Waals surface area contributed by atoms with E-state index in [1.54, 1.807) is 4.90 Å². The lowest BCUT2D eigenvalue weighted by Gasteiger charge is -2.32. The maximum atomic E-state index is 12.0. The largest absolute Gasteiger partial charge is 0.344 e. The molecule has 0 saturated carbocycles. The highest BCUT2D eigenvalue weighted by Crippen LogP contribution is 2.06. The van der Waals surface area contributed by atoms with Crippen molar-refractivity contribution in [3.63, 3.8) is 0 Å². The lowest BCUT2D eigenvalue weighted by atomic mass is 10.1. The van der Waals surface area contributed by atoms with Gasteiger partial charge in [-0.1, -0.05) is 24.3 Å². The Balaban J connectivity index is 1.85. The van der Waals surface area contributed by atoms with E-state index in [2.05, 4.69) is 5.32 Å². The molecule has 112 valence electrons. The van der Waals surface area contributed by atoms with Gasteiger partial charge in [0, 0.05) is 32.7 Å². The maximum absolute atomic E-state index is 12.0. The van der Waals surface area contributed by atoms with Gasteiger partial charge in [0.15, 0.2) is 0 Å². The molecule has 0 bridgehead atoms. The minimum Gasteiger partial charge on any atom is -0.344 e. The highest BCUT2D eigenvalue weighted by atomic mass is 16.2. The van der Waals surface area contributed by atoms with Crippen LogP contribution in [0, 0.1) is 6.92 Å². The molecule has 1 aromatic carbocycles. The Hall–Kier alpha value is -2.37. The van der Waals surface area contributed by atoms with E-state index < -0.39 is 11.8 Å². The minimum absolute atomic E-state index is 0.339. The number of aryl methyl sites for hydroxylation is 1. The van der Waals surface area contributed by atoms with E-state index >= 15 is 0 Å². The number of carbonyl (C=O) groups is 3. The molecule has 2 rings (SSSR count). The Labute approximate surface area is 123 Å². The first-order valence-electron chi connectivity index (χ1n) is 6.93. The van der Waals surface area contributed by atoms with Crippen molar-refractivity contribution in [2.75, 3.05) is 26.2 Å². The van der Waals surface area contributed by atoms with Crippen molar-refractivity contribution in [3.8, 4) is 0 Å². The van der Waals surface area contributed by atoms with Crippen LogP contribution in [0.1, 0.15) is 11.1 Å². The standard InChI is InChI=1S/C15H19N3O3/c1-12-4-2-3-5-13(12)10-16-14(20)15(21)18-8-6-17(11-19)7-9-18/h2-5,11H,6-10H2,1H3,(H,16,20). The third-order valence-electron chi connectivity index (χ3n) is 3.65. The molecule has 0 atom stereocenters. The molecule has 1 saturated heterocycles. The van der Waals surface area contributed by atoms with Gasteiger partial charge in [-0.2, -0.15) is 0 Å². The first-order valence-corrected chi connectivity index (χ1v) is 6.93. The first kappa shape index (κ1) is 15.0. The third-order valence-corrected chi connectivity index (χ3v) is 3.65. The molecule has 1 heterocycles. The summed E-state index contributed by atoms with van der Waals surface area (Å²) in [5.41, 5.74) is 2.06. The monoisotopic (exact) mass is 289 g/mol. The summed E-state index contributed by atoms with van der Waals surface area (Å²) < 4.78 is 0. The number of rotatable bonds is 3. The maximum Gasteiger partial charge on any atom is 0.312 e. The van der Waals surface area contributed by atoms with Crippen molar-refractivity contribution in [2.45, 2.75) is 13.5 Å². The zero-order chi connectivity index (χ0) is 15.2. The smallest absolute Gasteiger partial charge is 0.312 e. The molecule has 1 aliphatic rings. The second kappa shape index (κ2) is 6.88. The quantitative estimate of drug-likeness (QED) is 0.624. The SMILES string of the molecule is Cc1ccccc1CNC(=O)C(=O)N1CCN(C=O)CC1. The molecule has 1 fully saturated rings. The molecule has 0 spiro atoms. The van der Waals surface area contributed by atoms with Crippen LogP contribution >= 0.6 is 0 Å². The number of hydrogen-bond donors (Lipinski definition) is 1. The van der Waals surface area contributed by atoms with Crippen LogP contribution in [0.3, 0.4) is 0 Å². The summed E-state index contributed by atoms with van der Waals surface area (Å²) in [7, 11) is 0. The number of nitrogens with zero attached hydrogens (tertiary/aromatic N) is 2. The average Bonchev–Trinajstić information content (AvgIpc) is 2.53. The molecular weight excluding hydrogens is 270 g/mol. The van der Waals surface area contributed by atoms with Crippen molar-refractivity contribution in [2.24, 2.45) is 0 Å². The van der Waals surface area contributed by atoms with Crippen molar-refractivity contribution < 1.29 is 14.4 Å². The highest BCUT2D eigenvalue weighted by Gasteiger charge is 2.25. The van der Waals surface area contributed by atoms with Gasteiger partial charge in [0.2, 0.25) is 6.41 Å². The molecule has 6 nitrogen and oxygen atoms in total. The number of benzene rings is 1. The van der Waals surface area contributed by atoms with Gasteiger partial charge in [0.25, 0.3) is 0 Å². The van der Waals surface area contributed by atoms with Gasteiger partial charge in [-0.25, -0.2) is 0 Å². The third kappa shape index (κ3) is 3.81. The van der Waals surface area contributed by atoms with Crippen molar-refractivity contribution in [1.29, 1.82) is 0 Å². The summed E-state index contributed by atoms with van der Waals surface area (Å²) in [6, 6.07) is 7.71. The molecular formula is C15H19N3O3. The molecule has 21 heavy (non-hydrogen) atoms. The molecule has 1 aromatic rings. The van der Waals surface area contributed by atoms with Crippen molar-refractivity contribution >= 4 is 18.2 Å². The fourth-order valence-electron chi connectivity index (χ4n) is 2.23. The van der Waals surface area contributed by atoms with Gasteiger partial charge in [0.05, 0.1) is 0 Å². The predicted molar refractivity (Wildman–Crippen MR) is 77.2 cm³/mol. The van der Waals surface area contributed by atoms with E-state index in [1.807, 2.05) is 31.2 Å². The summed E-state index contributed by atoms with van der Waals surface area (Å²) in [5, 5.41) is 2.65. The predicted octanol–water partition coefficient (Wildman–Crippen LogP) is -0.0882. The van der Waals surface area contributed by atoms with Gasteiger partial charge in [-0.05, 0) is 18.1 Å². The number of amides is 3. The van der Waals surface area contributed by atoms with E-state index in [4.69, 9.17) is 0 Å². The van der Waals surface area contributed by atoms with Crippen LogP contribution in [0.25, 0.3) is 0 Å². The van der Waals surface area contributed by atoms with Crippen molar-refractivity contribution in [1.82, 2.24) is 15.1 Å². The second-order valence-electron chi connectivity index (χ2n) is 5.04. The fourth-order valence-corrected chi connectivity index (χ4v) is 2.23. The van der Waals surface area contributed by atoms with Crippen LogP contribution in [0.2, 0.25) is 0 Å². The number of hydrogen-bond acceptors (Lipinski definition) is 3. The van der Waals surface area contributed by atoms with E-state index in [0.717, 1.165) is 17.5 Å². The zero-order valence-corrected chi connectivity index (χ0v) is 12.0. The summed E-state index contributed by atoms with van der Waals surface area (Å²) in [6.45, 7) is 4.04. The van der Waals surface area contributed by atoms with E-state index in [-0.39, 0.29) is 0 Å². The lowest BCUT2D eigenvalue weighted by Crippen LogP contribution is -2.52. The van der Waals surface area contributed by atoms with E-state index in [0.29, 0.717) is 32.7 Å². The number of nitrogens with one attached hydrogen (secondary N) is 1. The summed E-state index contributed by atoms with van der Waals surface area (Å²) in [5.74, 6) is -1.13. The molecule has 3 amide bonds. The molecule has 0 unspecified atom stereocenters.